The summed E-state index contributed by atoms with van der Waals surface area (Å²) in [7, 11) is 0. The van der Waals surface area contributed by atoms with Crippen LogP contribution in [0.25, 0.3) is 22.3 Å². The molecule has 34 heavy (non-hydrogen) atoms. The van der Waals surface area contributed by atoms with Crippen molar-refractivity contribution in [3.63, 3.8) is 0 Å². The summed E-state index contributed by atoms with van der Waals surface area (Å²) in [4.78, 5) is 0. The van der Waals surface area contributed by atoms with E-state index in [9.17, 15) is 13.2 Å². The quantitative estimate of drug-likeness (QED) is 0.259. The highest BCUT2D eigenvalue weighted by Crippen LogP contribution is 2.40. The number of allylic oxidation sites excluding steroid dienone is 1. The van der Waals surface area contributed by atoms with Crippen LogP contribution in [-0.4, -0.2) is 0 Å². The van der Waals surface area contributed by atoms with Crippen molar-refractivity contribution >= 4 is 0 Å². The maximum atomic E-state index is 15.0. The maximum absolute atomic E-state index is 15.0. The van der Waals surface area contributed by atoms with Crippen molar-refractivity contribution in [3.05, 3.63) is 89.7 Å². The zero-order chi connectivity index (χ0) is 24.2. The Labute approximate surface area is 198 Å². The van der Waals surface area contributed by atoms with E-state index in [0.717, 1.165) is 32.1 Å². The molecule has 0 saturated heterocycles. The first-order chi connectivity index (χ1) is 16.4. The molecule has 1 aliphatic rings. The van der Waals surface area contributed by atoms with Crippen molar-refractivity contribution in [1.82, 2.24) is 0 Å². The molecule has 0 bridgehead atoms. The molecule has 0 amide bonds. The maximum Gasteiger partial charge on any atom is 0.201 e. The number of ether oxygens (including phenoxy) is 1. The van der Waals surface area contributed by atoms with Gasteiger partial charge in [0.2, 0.25) is 5.82 Å². The lowest BCUT2D eigenvalue weighted by molar-refractivity contribution is 0.312. The van der Waals surface area contributed by atoms with Crippen LogP contribution in [0.3, 0.4) is 0 Å². The predicted molar refractivity (Wildman–Crippen MR) is 128 cm³/mol. The number of benzene rings is 3. The molecule has 0 heterocycles. The van der Waals surface area contributed by atoms with Crippen molar-refractivity contribution in [2.24, 2.45) is 5.92 Å². The Bertz CT molecular complexity index is 1180. The first-order valence-electron chi connectivity index (χ1n) is 11.8. The van der Waals surface area contributed by atoms with Crippen molar-refractivity contribution in [1.29, 1.82) is 0 Å². The van der Waals surface area contributed by atoms with Gasteiger partial charge in [-0.2, -0.15) is 4.39 Å². The summed E-state index contributed by atoms with van der Waals surface area (Å²) in [6, 6.07) is 12.4. The zero-order valence-electron chi connectivity index (χ0n) is 19.4. The van der Waals surface area contributed by atoms with E-state index in [2.05, 4.69) is 6.92 Å². The van der Waals surface area contributed by atoms with E-state index in [1.54, 1.807) is 49.4 Å². The van der Waals surface area contributed by atoms with Crippen LogP contribution in [-0.2, 0) is 0 Å². The van der Waals surface area contributed by atoms with Gasteiger partial charge in [-0.3, -0.25) is 0 Å². The SMILES string of the molecule is C/C=C\Oc1ccc(-c2ccc(-c3ccc(C4CCC(CC)CC4)c(F)c3F)cc2)c(F)c1F. The summed E-state index contributed by atoms with van der Waals surface area (Å²) in [5.41, 5.74) is 1.54. The minimum atomic E-state index is -1.09. The van der Waals surface area contributed by atoms with E-state index in [1.165, 1.54) is 18.4 Å². The average Bonchev–Trinajstić information content (AvgIpc) is 2.87. The normalized spacial score (nSPS) is 18.4. The molecule has 1 nitrogen and oxygen atoms in total. The van der Waals surface area contributed by atoms with E-state index in [1.807, 2.05) is 0 Å². The third-order valence-electron chi connectivity index (χ3n) is 6.86. The summed E-state index contributed by atoms with van der Waals surface area (Å²) < 4.78 is 64.0. The van der Waals surface area contributed by atoms with E-state index in [4.69, 9.17) is 4.74 Å². The van der Waals surface area contributed by atoms with Gasteiger partial charge in [0.25, 0.3) is 0 Å². The fourth-order valence-electron chi connectivity index (χ4n) is 4.80. The molecule has 0 atom stereocenters. The van der Waals surface area contributed by atoms with Crippen molar-refractivity contribution < 1.29 is 22.3 Å². The van der Waals surface area contributed by atoms with Gasteiger partial charge in [0, 0.05) is 11.1 Å². The van der Waals surface area contributed by atoms with Gasteiger partial charge < -0.3 is 4.74 Å². The third kappa shape index (κ3) is 4.75. The van der Waals surface area contributed by atoms with E-state index in [-0.39, 0.29) is 22.8 Å². The van der Waals surface area contributed by atoms with Gasteiger partial charge in [0.1, 0.15) is 0 Å². The summed E-state index contributed by atoms with van der Waals surface area (Å²) >= 11 is 0. The molecule has 0 aromatic heterocycles. The van der Waals surface area contributed by atoms with Gasteiger partial charge >= 0.3 is 0 Å². The predicted octanol–water partition coefficient (Wildman–Crippen LogP) is 9.17. The molecule has 3 aromatic carbocycles. The highest BCUT2D eigenvalue weighted by atomic mass is 19.2. The van der Waals surface area contributed by atoms with Crippen LogP contribution in [0.5, 0.6) is 5.75 Å². The second-order valence-corrected chi connectivity index (χ2v) is 8.86. The van der Waals surface area contributed by atoms with E-state index < -0.39 is 23.3 Å². The molecular formula is C29H28F4O. The summed E-state index contributed by atoms with van der Waals surface area (Å²) in [5, 5.41) is 0. The molecule has 0 aliphatic heterocycles. The molecule has 3 aromatic rings. The minimum Gasteiger partial charge on any atom is -0.462 e. The third-order valence-corrected chi connectivity index (χ3v) is 6.86. The Morgan fingerprint density at radius 3 is 1.85 bits per heavy atom. The standard InChI is InChI=1S/C29H28F4O/c1-3-17-34-25-16-15-24(28(32)29(25)33)21-11-9-20(10-12-21)23-14-13-22(26(30)27(23)31)19-7-5-18(4-2)6-8-19/h3,9-19H,4-8H2,1-2H3/b17-3-. The second kappa shape index (κ2) is 10.5. The number of halogens is 4. The smallest absolute Gasteiger partial charge is 0.201 e. The molecule has 0 spiro atoms. The first kappa shape index (κ1) is 24.1. The monoisotopic (exact) mass is 468 g/mol. The lowest BCUT2D eigenvalue weighted by atomic mass is 9.77. The molecule has 4 rings (SSSR count). The van der Waals surface area contributed by atoms with Crippen LogP contribution < -0.4 is 4.74 Å². The van der Waals surface area contributed by atoms with Crippen molar-refractivity contribution in [2.45, 2.75) is 51.9 Å². The minimum absolute atomic E-state index is 0.0476. The fourth-order valence-corrected chi connectivity index (χ4v) is 4.80. The Morgan fingerprint density at radius 2 is 1.29 bits per heavy atom. The highest BCUT2D eigenvalue weighted by molar-refractivity contribution is 5.72. The Kier molecular flexibility index (Phi) is 7.40. The molecule has 178 valence electrons. The van der Waals surface area contributed by atoms with Gasteiger partial charge in [0.15, 0.2) is 23.2 Å². The van der Waals surface area contributed by atoms with Gasteiger partial charge in [-0.25, -0.2) is 13.2 Å². The van der Waals surface area contributed by atoms with Gasteiger partial charge in [-0.15, -0.1) is 0 Å². The second-order valence-electron chi connectivity index (χ2n) is 8.86. The van der Waals surface area contributed by atoms with Gasteiger partial charge in [0.05, 0.1) is 6.26 Å². The van der Waals surface area contributed by atoms with Gasteiger partial charge in [-0.05, 0) is 73.3 Å². The summed E-state index contributed by atoms with van der Waals surface area (Å²) in [6.45, 7) is 3.87. The first-order valence-corrected chi connectivity index (χ1v) is 11.8. The van der Waals surface area contributed by atoms with Crippen LogP contribution in [0.2, 0.25) is 0 Å². The molecule has 5 heteroatoms. The molecular weight excluding hydrogens is 440 g/mol. The van der Waals surface area contributed by atoms with Crippen LogP contribution in [0.1, 0.15) is 57.4 Å². The molecule has 0 unspecified atom stereocenters. The Balaban J connectivity index is 1.58. The molecule has 1 fully saturated rings. The lowest BCUT2D eigenvalue weighted by Gasteiger charge is -2.28. The molecule has 0 radical (unpaired) electrons. The number of hydrogen-bond donors (Lipinski definition) is 0. The van der Waals surface area contributed by atoms with E-state index in [0.29, 0.717) is 22.6 Å². The topological polar surface area (TPSA) is 9.23 Å². The van der Waals surface area contributed by atoms with Crippen molar-refractivity contribution in [2.75, 3.05) is 0 Å². The molecule has 1 saturated carbocycles. The average molecular weight is 469 g/mol. The zero-order valence-corrected chi connectivity index (χ0v) is 19.4. The lowest BCUT2D eigenvalue weighted by Crippen LogP contribution is -2.14. The summed E-state index contributed by atoms with van der Waals surface area (Å²) in [6.07, 6.45) is 7.81. The Hall–Kier alpha value is -3.08. The van der Waals surface area contributed by atoms with Crippen LogP contribution in [0.4, 0.5) is 17.6 Å². The summed E-state index contributed by atoms with van der Waals surface area (Å²) in [5.74, 6) is -3.26. The largest absolute Gasteiger partial charge is 0.462 e. The van der Waals surface area contributed by atoms with Crippen molar-refractivity contribution in [3.8, 4) is 28.0 Å². The fraction of sp³-hybridized carbons (Fsp3) is 0.310. The van der Waals surface area contributed by atoms with Crippen LogP contribution in [0, 0.1) is 29.2 Å². The van der Waals surface area contributed by atoms with Crippen LogP contribution in [0.15, 0.2) is 60.9 Å². The van der Waals surface area contributed by atoms with E-state index >= 15 is 4.39 Å². The van der Waals surface area contributed by atoms with Gasteiger partial charge in [-0.1, -0.05) is 55.8 Å². The van der Waals surface area contributed by atoms with Crippen LogP contribution >= 0.6 is 0 Å². The number of rotatable bonds is 6. The molecule has 0 N–H and O–H groups in total. The number of hydrogen-bond acceptors (Lipinski definition) is 1. The highest BCUT2D eigenvalue weighted by Gasteiger charge is 2.26. The molecule has 1 aliphatic carbocycles. The Morgan fingerprint density at radius 1 is 0.735 bits per heavy atom.